The molecule has 27 heavy (non-hydrogen) atoms. The van der Waals surface area contributed by atoms with Crippen molar-refractivity contribution in [2.45, 2.75) is 39.7 Å². The van der Waals surface area contributed by atoms with Crippen molar-refractivity contribution >= 4 is 23.2 Å². The molecule has 3 rings (SSSR count). The monoisotopic (exact) mass is 366 g/mol. The fourth-order valence-corrected chi connectivity index (χ4v) is 3.18. The average Bonchev–Trinajstić information content (AvgIpc) is 3.04. The molecule has 0 saturated carbocycles. The minimum Gasteiger partial charge on any atom is -0.491 e. The Morgan fingerprint density at radius 3 is 2.41 bits per heavy atom. The largest absolute Gasteiger partial charge is 0.491 e. The van der Waals surface area contributed by atoms with Crippen LogP contribution in [0.15, 0.2) is 48.5 Å². The maximum absolute atomic E-state index is 12.6. The van der Waals surface area contributed by atoms with Crippen molar-refractivity contribution in [2.75, 3.05) is 16.8 Å². The van der Waals surface area contributed by atoms with E-state index in [1.54, 1.807) is 4.90 Å². The molecule has 1 heterocycles. The third-order valence-electron chi connectivity index (χ3n) is 4.65. The smallest absolute Gasteiger partial charge is 0.229 e. The molecule has 5 heteroatoms. The molecule has 1 fully saturated rings. The summed E-state index contributed by atoms with van der Waals surface area (Å²) in [6.45, 7) is 6.42. The second kappa shape index (κ2) is 8.25. The summed E-state index contributed by atoms with van der Waals surface area (Å²) < 4.78 is 5.63. The number of amides is 2. The number of carbonyl (C=O) groups excluding carboxylic acids is 2. The Kier molecular flexibility index (Phi) is 5.79. The maximum atomic E-state index is 12.6. The van der Waals surface area contributed by atoms with Crippen molar-refractivity contribution in [3.05, 3.63) is 54.1 Å². The number of nitrogens with zero attached hydrogens (tertiary/aromatic N) is 1. The zero-order chi connectivity index (χ0) is 19.4. The first-order valence-electron chi connectivity index (χ1n) is 9.43. The SMILES string of the molecule is CCc1ccc(NC(=O)C2CC(=O)N(c3ccc(OC(C)C)cc3)C2)cc1. The fraction of sp³-hybridized carbons (Fsp3) is 0.364. The van der Waals surface area contributed by atoms with E-state index >= 15 is 0 Å². The van der Waals surface area contributed by atoms with Crippen molar-refractivity contribution < 1.29 is 14.3 Å². The lowest BCUT2D eigenvalue weighted by atomic mass is 10.1. The van der Waals surface area contributed by atoms with E-state index in [4.69, 9.17) is 4.74 Å². The molecule has 1 saturated heterocycles. The molecule has 1 atom stereocenters. The molecule has 2 aromatic rings. The van der Waals surface area contributed by atoms with Gasteiger partial charge in [-0.25, -0.2) is 0 Å². The number of hydrogen-bond donors (Lipinski definition) is 1. The molecule has 0 bridgehead atoms. The van der Waals surface area contributed by atoms with Gasteiger partial charge in [0.2, 0.25) is 11.8 Å². The van der Waals surface area contributed by atoms with Gasteiger partial charge in [0.1, 0.15) is 5.75 Å². The first-order valence-corrected chi connectivity index (χ1v) is 9.43. The molecule has 0 aliphatic carbocycles. The number of rotatable bonds is 6. The number of hydrogen-bond acceptors (Lipinski definition) is 3. The Morgan fingerprint density at radius 2 is 1.81 bits per heavy atom. The minimum atomic E-state index is -0.352. The summed E-state index contributed by atoms with van der Waals surface area (Å²) in [7, 11) is 0. The van der Waals surface area contributed by atoms with E-state index in [-0.39, 0.29) is 30.3 Å². The van der Waals surface area contributed by atoms with Crippen molar-refractivity contribution in [1.82, 2.24) is 0 Å². The minimum absolute atomic E-state index is 0.0333. The van der Waals surface area contributed by atoms with Crippen LogP contribution in [0.1, 0.15) is 32.8 Å². The van der Waals surface area contributed by atoms with Gasteiger partial charge in [0.05, 0.1) is 12.0 Å². The third-order valence-corrected chi connectivity index (χ3v) is 4.65. The highest BCUT2D eigenvalue weighted by molar-refractivity contribution is 6.03. The molecule has 142 valence electrons. The van der Waals surface area contributed by atoms with Crippen LogP contribution in [0.4, 0.5) is 11.4 Å². The number of ether oxygens (including phenoxy) is 1. The normalized spacial score (nSPS) is 16.7. The molecule has 1 N–H and O–H groups in total. The molecule has 0 radical (unpaired) electrons. The van der Waals surface area contributed by atoms with Gasteiger partial charge in [-0.1, -0.05) is 19.1 Å². The van der Waals surface area contributed by atoms with Crippen molar-refractivity contribution in [2.24, 2.45) is 5.92 Å². The quantitative estimate of drug-likeness (QED) is 0.840. The van der Waals surface area contributed by atoms with E-state index < -0.39 is 0 Å². The number of benzene rings is 2. The molecule has 1 unspecified atom stereocenters. The molecule has 2 aromatic carbocycles. The summed E-state index contributed by atoms with van der Waals surface area (Å²) in [5.41, 5.74) is 2.78. The zero-order valence-corrected chi connectivity index (χ0v) is 16.1. The first-order chi connectivity index (χ1) is 13.0. The van der Waals surface area contributed by atoms with E-state index in [9.17, 15) is 9.59 Å². The van der Waals surface area contributed by atoms with Crippen molar-refractivity contribution in [1.29, 1.82) is 0 Å². The molecule has 5 nitrogen and oxygen atoms in total. The Bertz CT molecular complexity index is 797. The predicted molar refractivity (Wildman–Crippen MR) is 107 cm³/mol. The second-order valence-electron chi connectivity index (χ2n) is 7.11. The van der Waals surface area contributed by atoms with Crippen molar-refractivity contribution in [3.63, 3.8) is 0 Å². The van der Waals surface area contributed by atoms with Crippen LogP contribution in [0.3, 0.4) is 0 Å². The fourth-order valence-electron chi connectivity index (χ4n) is 3.18. The molecule has 1 aliphatic rings. The lowest BCUT2D eigenvalue weighted by Gasteiger charge is -2.18. The van der Waals surface area contributed by atoms with Crippen LogP contribution >= 0.6 is 0 Å². The third kappa shape index (κ3) is 4.67. The molecular weight excluding hydrogens is 340 g/mol. The molecule has 0 spiro atoms. The van der Waals surface area contributed by atoms with Gasteiger partial charge in [-0.15, -0.1) is 0 Å². The highest BCUT2D eigenvalue weighted by Crippen LogP contribution is 2.28. The Morgan fingerprint density at radius 1 is 1.15 bits per heavy atom. The van der Waals surface area contributed by atoms with E-state index in [0.717, 1.165) is 23.5 Å². The summed E-state index contributed by atoms with van der Waals surface area (Å²) in [6, 6.07) is 15.2. The standard InChI is InChI=1S/C22H26N2O3/c1-4-16-5-7-18(8-6-16)23-22(26)17-13-21(25)24(14-17)19-9-11-20(12-10-19)27-15(2)3/h5-12,15,17H,4,13-14H2,1-3H3,(H,23,26). The van der Waals surface area contributed by atoms with Crippen molar-refractivity contribution in [3.8, 4) is 5.75 Å². The predicted octanol–water partition coefficient (Wildman–Crippen LogP) is 4.03. The number of anilines is 2. The van der Waals surface area contributed by atoms with E-state index in [2.05, 4.69) is 12.2 Å². The van der Waals surface area contributed by atoms with Crippen LogP contribution < -0.4 is 15.0 Å². The Hall–Kier alpha value is -2.82. The van der Waals surface area contributed by atoms with Crippen LogP contribution in [-0.2, 0) is 16.0 Å². The highest BCUT2D eigenvalue weighted by Gasteiger charge is 2.35. The molecular formula is C22H26N2O3. The van der Waals surface area contributed by atoms with Crippen LogP contribution in [0.25, 0.3) is 0 Å². The van der Waals surface area contributed by atoms with Gasteiger partial charge in [-0.05, 0) is 62.2 Å². The van der Waals surface area contributed by atoms with Gasteiger partial charge in [0, 0.05) is 24.3 Å². The topological polar surface area (TPSA) is 58.6 Å². The van der Waals surface area contributed by atoms with Crippen LogP contribution in [0.5, 0.6) is 5.75 Å². The molecule has 1 aliphatic heterocycles. The summed E-state index contributed by atoms with van der Waals surface area (Å²) in [6.07, 6.45) is 1.29. The second-order valence-corrected chi connectivity index (χ2v) is 7.11. The van der Waals surface area contributed by atoms with Gasteiger partial charge >= 0.3 is 0 Å². The number of aryl methyl sites for hydroxylation is 1. The van der Waals surface area contributed by atoms with Gasteiger partial charge < -0.3 is 15.0 Å². The summed E-state index contributed by atoms with van der Waals surface area (Å²) in [5, 5.41) is 2.92. The molecule has 0 aromatic heterocycles. The number of carbonyl (C=O) groups is 2. The van der Waals surface area contributed by atoms with E-state index in [1.807, 2.05) is 62.4 Å². The van der Waals surface area contributed by atoms with E-state index in [1.165, 1.54) is 5.56 Å². The summed E-state index contributed by atoms with van der Waals surface area (Å²) in [5.74, 6) is 0.268. The van der Waals surface area contributed by atoms with Gasteiger partial charge in [-0.3, -0.25) is 9.59 Å². The lowest BCUT2D eigenvalue weighted by Crippen LogP contribution is -2.28. The summed E-state index contributed by atoms with van der Waals surface area (Å²) >= 11 is 0. The van der Waals surface area contributed by atoms with Gasteiger partial charge in [0.15, 0.2) is 0 Å². The Balaban J connectivity index is 1.62. The van der Waals surface area contributed by atoms with Crippen LogP contribution in [-0.4, -0.2) is 24.5 Å². The first kappa shape index (κ1) is 19.0. The highest BCUT2D eigenvalue weighted by atomic mass is 16.5. The Labute approximate surface area is 160 Å². The number of nitrogens with one attached hydrogen (secondary N) is 1. The zero-order valence-electron chi connectivity index (χ0n) is 16.1. The summed E-state index contributed by atoms with van der Waals surface area (Å²) in [4.78, 5) is 26.6. The average molecular weight is 366 g/mol. The van der Waals surface area contributed by atoms with Gasteiger partial charge in [0.25, 0.3) is 0 Å². The molecule has 2 amide bonds. The van der Waals surface area contributed by atoms with Crippen LogP contribution in [0.2, 0.25) is 0 Å². The maximum Gasteiger partial charge on any atom is 0.229 e. The van der Waals surface area contributed by atoms with E-state index in [0.29, 0.717) is 6.54 Å². The van der Waals surface area contributed by atoms with Crippen LogP contribution in [0, 0.1) is 5.92 Å². The van der Waals surface area contributed by atoms with Gasteiger partial charge in [-0.2, -0.15) is 0 Å². The lowest BCUT2D eigenvalue weighted by molar-refractivity contribution is -0.122.